The van der Waals surface area contributed by atoms with Crippen molar-refractivity contribution in [3.8, 4) is 6.01 Å². The molecule has 2 N–H and O–H groups in total. The zero-order chi connectivity index (χ0) is 15.5. The van der Waals surface area contributed by atoms with Crippen LogP contribution in [0.5, 0.6) is 6.01 Å². The normalized spacial score (nSPS) is 23.8. The van der Waals surface area contributed by atoms with Crippen molar-refractivity contribution in [1.29, 1.82) is 0 Å². The summed E-state index contributed by atoms with van der Waals surface area (Å²) in [5.41, 5.74) is -0.562. The Kier molecular flexibility index (Phi) is 4.50. The lowest BCUT2D eigenvalue weighted by Crippen LogP contribution is -2.36. The second-order valence-electron chi connectivity index (χ2n) is 5.39. The van der Waals surface area contributed by atoms with Crippen LogP contribution < -0.4 is 15.4 Å². The summed E-state index contributed by atoms with van der Waals surface area (Å²) in [5, 5.41) is 5.94. The number of rotatable bonds is 6. The number of anilines is 2. The summed E-state index contributed by atoms with van der Waals surface area (Å²) in [5.74, 6) is 0.953. The lowest BCUT2D eigenvalue weighted by atomic mass is 10.0. The van der Waals surface area contributed by atoms with Gasteiger partial charge in [-0.25, -0.2) is 8.42 Å². The molecule has 1 atom stereocenters. The van der Waals surface area contributed by atoms with E-state index in [9.17, 15) is 8.42 Å². The predicted molar refractivity (Wildman–Crippen MR) is 80.5 cm³/mol. The van der Waals surface area contributed by atoms with E-state index in [-0.39, 0.29) is 17.5 Å². The Morgan fingerprint density at radius 2 is 2.00 bits per heavy atom. The Morgan fingerprint density at radius 3 is 2.57 bits per heavy atom. The van der Waals surface area contributed by atoms with E-state index < -0.39 is 15.4 Å². The molecule has 21 heavy (non-hydrogen) atoms. The van der Waals surface area contributed by atoms with Crippen LogP contribution in [-0.4, -0.2) is 54.1 Å². The van der Waals surface area contributed by atoms with Crippen LogP contribution in [-0.2, 0) is 9.84 Å². The largest absolute Gasteiger partial charge is 0.463 e. The molecule has 0 spiro atoms. The molecule has 0 amide bonds. The number of nitrogens with zero attached hydrogens (tertiary/aromatic N) is 3. The highest BCUT2D eigenvalue weighted by Crippen LogP contribution is 2.26. The van der Waals surface area contributed by atoms with Gasteiger partial charge in [0.1, 0.15) is 0 Å². The molecular weight excluding hydrogens is 294 g/mol. The van der Waals surface area contributed by atoms with Crippen LogP contribution >= 0.6 is 0 Å². The smallest absolute Gasteiger partial charge is 0.323 e. The Morgan fingerprint density at radius 1 is 1.29 bits per heavy atom. The topological polar surface area (TPSA) is 106 Å². The minimum atomic E-state index is -2.99. The van der Waals surface area contributed by atoms with Gasteiger partial charge in [0.15, 0.2) is 9.84 Å². The van der Waals surface area contributed by atoms with Crippen molar-refractivity contribution < 1.29 is 13.2 Å². The van der Waals surface area contributed by atoms with Gasteiger partial charge in [-0.05, 0) is 19.8 Å². The van der Waals surface area contributed by atoms with E-state index in [1.165, 1.54) is 0 Å². The van der Waals surface area contributed by atoms with E-state index in [2.05, 4.69) is 25.6 Å². The van der Waals surface area contributed by atoms with E-state index in [1.54, 1.807) is 7.05 Å². The van der Waals surface area contributed by atoms with Crippen LogP contribution in [0.3, 0.4) is 0 Å². The summed E-state index contributed by atoms with van der Waals surface area (Å²) in [6.45, 7) is 4.36. The molecule has 8 nitrogen and oxygen atoms in total. The number of hydrogen-bond acceptors (Lipinski definition) is 8. The van der Waals surface area contributed by atoms with Crippen LogP contribution in [0.15, 0.2) is 0 Å². The van der Waals surface area contributed by atoms with Gasteiger partial charge in [0.25, 0.3) is 0 Å². The van der Waals surface area contributed by atoms with Crippen LogP contribution in [0.2, 0.25) is 0 Å². The van der Waals surface area contributed by atoms with E-state index in [0.717, 1.165) is 6.42 Å². The molecule has 2 rings (SSSR count). The highest BCUT2D eigenvalue weighted by molar-refractivity contribution is 7.91. The molecule has 1 aliphatic heterocycles. The summed E-state index contributed by atoms with van der Waals surface area (Å²) in [6.07, 6.45) is 1.38. The molecule has 118 valence electrons. The van der Waals surface area contributed by atoms with Crippen LogP contribution in [0.25, 0.3) is 0 Å². The van der Waals surface area contributed by atoms with Gasteiger partial charge in [0.05, 0.1) is 23.7 Å². The molecule has 1 saturated heterocycles. The maximum Gasteiger partial charge on any atom is 0.323 e. The number of sulfone groups is 1. The Balaban J connectivity index is 2.19. The summed E-state index contributed by atoms with van der Waals surface area (Å²) in [4.78, 5) is 12.5. The molecule has 1 aromatic heterocycles. The molecule has 1 aromatic rings. The van der Waals surface area contributed by atoms with Crippen molar-refractivity contribution in [2.24, 2.45) is 0 Å². The number of ether oxygens (including phenoxy) is 1. The van der Waals surface area contributed by atoms with Gasteiger partial charge < -0.3 is 15.4 Å². The number of nitrogens with one attached hydrogen (secondary N) is 2. The molecule has 1 unspecified atom stereocenters. The SMILES string of the molecule is CCCOc1nc(NC)nc(NC2(C)CCS(=O)(=O)C2)n1. The van der Waals surface area contributed by atoms with Gasteiger partial charge in [0.2, 0.25) is 11.9 Å². The molecule has 9 heteroatoms. The monoisotopic (exact) mass is 315 g/mol. The molecule has 2 heterocycles. The predicted octanol–water partition coefficient (Wildman–Crippen LogP) is 0.691. The molecule has 1 fully saturated rings. The second kappa shape index (κ2) is 6.00. The standard InChI is InChI=1S/C12H21N5O3S/c1-4-6-20-11-15-9(13-3)14-10(16-11)17-12(2)5-7-21(18,19)8-12/h4-8H2,1-3H3,(H2,13,14,15,16,17). The maximum absolute atomic E-state index is 11.6. The highest BCUT2D eigenvalue weighted by atomic mass is 32.2. The van der Waals surface area contributed by atoms with E-state index in [1.807, 2.05) is 13.8 Å². The van der Waals surface area contributed by atoms with Gasteiger partial charge in [0, 0.05) is 7.05 Å². The molecule has 0 bridgehead atoms. The van der Waals surface area contributed by atoms with Crippen LogP contribution in [0.4, 0.5) is 11.9 Å². The van der Waals surface area contributed by atoms with Crippen LogP contribution in [0, 0.1) is 0 Å². The quantitative estimate of drug-likeness (QED) is 0.790. The highest BCUT2D eigenvalue weighted by Gasteiger charge is 2.39. The lowest BCUT2D eigenvalue weighted by Gasteiger charge is -2.24. The van der Waals surface area contributed by atoms with E-state index >= 15 is 0 Å². The Bertz CT molecular complexity index is 607. The average Bonchev–Trinajstić information content (AvgIpc) is 2.69. The summed E-state index contributed by atoms with van der Waals surface area (Å²) in [7, 11) is -1.30. The van der Waals surface area contributed by atoms with Gasteiger partial charge in [-0.3, -0.25) is 0 Å². The molecule has 0 aliphatic carbocycles. The molecule has 0 aromatic carbocycles. The van der Waals surface area contributed by atoms with Gasteiger partial charge in [-0.1, -0.05) is 6.92 Å². The first kappa shape index (κ1) is 15.7. The Labute approximate surface area is 124 Å². The van der Waals surface area contributed by atoms with Crippen molar-refractivity contribution in [1.82, 2.24) is 15.0 Å². The fourth-order valence-electron chi connectivity index (χ4n) is 2.16. The zero-order valence-electron chi connectivity index (χ0n) is 12.5. The molecule has 0 saturated carbocycles. The first-order chi connectivity index (χ1) is 9.86. The van der Waals surface area contributed by atoms with Crippen molar-refractivity contribution >= 4 is 21.7 Å². The third-order valence-electron chi connectivity index (χ3n) is 3.19. The summed E-state index contributed by atoms with van der Waals surface area (Å²) in [6, 6.07) is 0.225. The molecule has 0 radical (unpaired) electrons. The third-order valence-corrected chi connectivity index (χ3v) is 5.09. The van der Waals surface area contributed by atoms with Gasteiger partial charge in [-0.2, -0.15) is 15.0 Å². The van der Waals surface area contributed by atoms with Crippen molar-refractivity contribution in [2.75, 3.05) is 35.8 Å². The fraction of sp³-hybridized carbons (Fsp3) is 0.750. The van der Waals surface area contributed by atoms with Crippen molar-refractivity contribution in [2.45, 2.75) is 32.2 Å². The van der Waals surface area contributed by atoms with Crippen molar-refractivity contribution in [3.63, 3.8) is 0 Å². The summed E-state index contributed by atoms with van der Waals surface area (Å²) < 4.78 is 28.7. The minimum Gasteiger partial charge on any atom is -0.463 e. The Hall–Kier alpha value is -1.64. The van der Waals surface area contributed by atoms with E-state index in [4.69, 9.17) is 4.74 Å². The first-order valence-electron chi connectivity index (χ1n) is 6.91. The van der Waals surface area contributed by atoms with Crippen LogP contribution in [0.1, 0.15) is 26.7 Å². The van der Waals surface area contributed by atoms with Gasteiger partial charge >= 0.3 is 6.01 Å². The summed E-state index contributed by atoms with van der Waals surface area (Å²) >= 11 is 0. The number of aromatic nitrogens is 3. The lowest BCUT2D eigenvalue weighted by molar-refractivity contribution is 0.292. The molecular formula is C12H21N5O3S. The van der Waals surface area contributed by atoms with Gasteiger partial charge in [-0.15, -0.1) is 0 Å². The first-order valence-corrected chi connectivity index (χ1v) is 8.73. The third kappa shape index (κ3) is 4.16. The fourth-order valence-corrected chi connectivity index (χ4v) is 4.25. The number of hydrogen-bond donors (Lipinski definition) is 2. The molecule has 1 aliphatic rings. The maximum atomic E-state index is 11.6. The van der Waals surface area contributed by atoms with Crippen molar-refractivity contribution in [3.05, 3.63) is 0 Å². The second-order valence-corrected chi connectivity index (χ2v) is 7.58. The zero-order valence-corrected chi connectivity index (χ0v) is 13.3. The average molecular weight is 315 g/mol. The minimum absolute atomic E-state index is 0.0751. The van der Waals surface area contributed by atoms with E-state index in [0.29, 0.717) is 24.9 Å².